The number of hydrogen-bond donors (Lipinski definition) is 0. The van der Waals surface area contributed by atoms with Crippen LogP contribution in [0.25, 0.3) is 11.3 Å². The highest BCUT2D eigenvalue weighted by molar-refractivity contribution is 5.60. The van der Waals surface area contributed by atoms with E-state index >= 15 is 0 Å². The normalized spacial score (nSPS) is 17.9. The highest BCUT2D eigenvalue weighted by Gasteiger charge is 2.23. The smallest absolute Gasteiger partial charge is 0.185 e. The van der Waals surface area contributed by atoms with Crippen molar-refractivity contribution in [1.82, 2.24) is 4.98 Å². The third kappa shape index (κ3) is 9.82. The third-order valence-electron chi connectivity index (χ3n) is 6.97. The average molecular weight is 500 g/mol. The van der Waals surface area contributed by atoms with E-state index < -0.39 is 0 Å². The number of aromatic nitrogens is 1. The summed E-state index contributed by atoms with van der Waals surface area (Å²) in [5.74, 6) is 0.427. The van der Waals surface area contributed by atoms with Gasteiger partial charge in [0.1, 0.15) is 0 Å². The Kier molecular flexibility index (Phi) is 13.3. The van der Waals surface area contributed by atoms with Crippen LogP contribution in [0.3, 0.4) is 0 Å². The third-order valence-corrected chi connectivity index (χ3v) is 6.97. The number of nitrogens with zero attached hydrogens (tertiary/aromatic N) is 1. The van der Waals surface area contributed by atoms with Gasteiger partial charge in [-0.3, -0.25) is 4.98 Å². The number of halogens is 1. The molecule has 3 rings (SSSR count). The second-order valence-corrected chi connectivity index (χ2v) is 10.2. The summed E-state index contributed by atoms with van der Waals surface area (Å²) >= 11 is 0. The maximum absolute atomic E-state index is 14.5. The van der Waals surface area contributed by atoms with Gasteiger partial charge in [-0.05, 0) is 37.1 Å². The summed E-state index contributed by atoms with van der Waals surface area (Å²) in [7, 11) is 0. The van der Waals surface area contributed by atoms with Crippen LogP contribution in [0.1, 0.15) is 109 Å². The van der Waals surface area contributed by atoms with Crippen LogP contribution in [-0.4, -0.2) is 24.8 Å². The van der Waals surface area contributed by atoms with Crippen molar-refractivity contribution in [3.63, 3.8) is 0 Å². The first-order valence-corrected chi connectivity index (χ1v) is 14.3. The highest BCUT2D eigenvalue weighted by Crippen LogP contribution is 2.29. The number of hydrogen-bond acceptors (Lipinski definition) is 4. The van der Waals surface area contributed by atoms with E-state index in [9.17, 15) is 4.39 Å². The molecule has 1 aliphatic heterocycles. The molecule has 0 spiro atoms. The molecule has 0 atom stereocenters. The minimum Gasteiger partial charge on any atom is -0.491 e. The Morgan fingerprint density at radius 3 is 2.14 bits per heavy atom. The standard InChI is InChI=1S/C31H46FNO3/c1-3-5-7-9-10-11-12-13-15-25-23-35-31(36-24-25)27-16-18-29(33-22-27)26-17-19-30(28(32)21-26)34-20-14-8-6-4-2/h16-19,21-22,25,31H,3-15,20,23-24H2,1-2H3. The van der Waals surface area contributed by atoms with Crippen LogP contribution in [0.4, 0.5) is 4.39 Å². The quantitative estimate of drug-likeness (QED) is 0.204. The van der Waals surface area contributed by atoms with Gasteiger partial charge in [-0.1, -0.05) is 90.5 Å². The van der Waals surface area contributed by atoms with Gasteiger partial charge in [-0.2, -0.15) is 0 Å². The Balaban J connectivity index is 1.38. The molecule has 0 radical (unpaired) electrons. The first-order chi connectivity index (χ1) is 17.7. The lowest BCUT2D eigenvalue weighted by atomic mass is 10.0. The van der Waals surface area contributed by atoms with Gasteiger partial charge in [0.25, 0.3) is 0 Å². The molecule has 5 heteroatoms. The lowest BCUT2D eigenvalue weighted by Gasteiger charge is -2.29. The molecule has 2 aromatic rings. The lowest BCUT2D eigenvalue weighted by Crippen LogP contribution is -2.27. The molecule has 36 heavy (non-hydrogen) atoms. The molecule has 200 valence electrons. The number of rotatable bonds is 17. The van der Waals surface area contributed by atoms with Gasteiger partial charge < -0.3 is 14.2 Å². The van der Waals surface area contributed by atoms with E-state index in [4.69, 9.17) is 14.2 Å². The van der Waals surface area contributed by atoms with Crippen molar-refractivity contribution in [3.05, 3.63) is 47.9 Å². The minimum atomic E-state index is -0.374. The molecule has 0 aliphatic carbocycles. The zero-order valence-electron chi connectivity index (χ0n) is 22.5. The second kappa shape index (κ2) is 16.7. The number of pyridine rings is 1. The van der Waals surface area contributed by atoms with Crippen LogP contribution in [-0.2, 0) is 9.47 Å². The van der Waals surface area contributed by atoms with Crippen molar-refractivity contribution in [2.75, 3.05) is 19.8 Å². The first-order valence-electron chi connectivity index (χ1n) is 14.3. The molecular formula is C31H46FNO3. The maximum atomic E-state index is 14.5. The van der Waals surface area contributed by atoms with Crippen molar-refractivity contribution in [3.8, 4) is 17.0 Å². The summed E-state index contributed by atoms with van der Waals surface area (Å²) in [6.07, 6.45) is 17.7. The van der Waals surface area contributed by atoms with Crippen molar-refractivity contribution in [2.24, 2.45) is 5.92 Å². The molecule has 0 unspecified atom stereocenters. The van der Waals surface area contributed by atoms with E-state index in [1.807, 2.05) is 18.2 Å². The summed E-state index contributed by atoms with van der Waals surface area (Å²) in [5.41, 5.74) is 2.35. The molecule has 0 amide bonds. The molecule has 1 aromatic heterocycles. The van der Waals surface area contributed by atoms with Crippen LogP contribution in [0.5, 0.6) is 5.75 Å². The molecule has 1 saturated heterocycles. The summed E-state index contributed by atoms with van der Waals surface area (Å²) in [4.78, 5) is 4.54. The van der Waals surface area contributed by atoms with E-state index in [2.05, 4.69) is 18.8 Å². The van der Waals surface area contributed by atoms with Crippen molar-refractivity contribution < 1.29 is 18.6 Å². The molecular weight excluding hydrogens is 453 g/mol. The molecule has 1 fully saturated rings. The number of benzene rings is 1. The second-order valence-electron chi connectivity index (χ2n) is 10.2. The summed E-state index contributed by atoms with van der Waals surface area (Å²) in [6.45, 7) is 6.44. The van der Waals surface area contributed by atoms with Crippen LogP contribution in [0.2, 0.25) is 0 Å². The van der Waals surface area contributed by atoms with Crippen molar-refractivity contribution in [1.29, 1.82) is 0 Å². The van der Waals surface area contributed by atoms with Gasteiger partial charge in [0, 0.05) is 23.2 Å². The van der Waals surface area contributed by atoms with E-state index in [-0.39, 0.29) is 12.1 Å². The van der Waals surface area contributed by atoms with E-state index in [0.717, 1.165) is 42.9 Å². The van der Waals surface area contributed by atoms with Gasteiger partial charge in [-0.25, -0.2) is 4.39 Å². The van der Waals surface area contributed by atoms with Crippen LogP contribution in [0.15, 0.2) is 36.5 Å². The summed E-state index contributed by atoms with van der Waals surface area (Å²) in [5, 5.41) is 0. The van der Waals surface area contributed by atoms with E-state index in [1.165, 1.54) is 76.7 Å². The minimum absolute atomic E-state index is 0.303. The van der Waals surface area contributed by atoms with Gasteiger partial charge in [-0.15, -0.1) is 0 Å². The summed E-state index contributed by atoms with van der Waals surface area (Å²) in [6, 6.07) is 8.90. The maximum Gasteiger partial charge on any atom is 0.185 e. The Hall–Kier alpha value is -1.98. The Morgan fingerprint density at radius 1 is 0.833 bits per heavy atom. The highest BCUT2D eigenvalue weighted by atomic mass is 19.1. The zero-order valence-corrected chi connectivity index (χ0v) is 22.5. The Bertz CT molecular complexity index is 849. The van der Waals surface area contributed by atoms with Gasteiger partial charge in [0.2, 0.25) is 0 Å². The Labute approximate surface area is 218 Å². The predicted molar refractivity (Wildman–Crippen MR) is 145 cm³/mol. The fourth-order valence-electron chi connectivity index (χ4n) is 4.67. The number of ether oxygens (including phenoxy) is 3. The molecule has 2 heterocycles. The van der Waals surface area contributed by atoms with Gasteiger partial charge in [0.05, 0.1) is 25.5 Å². The predicted octanol–water partition coefficient (Wildman–Crippen LogP) is 9.04. The van der Waals surface area contributed by atoms with Crippen LogP contribution >= 0.6 is 0 Å². The molecule has 0 saturated carbocycles. The molecule has 4 nitrogen and oxygen atoms in total. The zero-order chi connectivity index (χ0) is 25.4. The Morgan fingerprint density at radius 2 is 1.50 bits per heavy atom. The van der Waals surface area contributed by atoms with Crippen LogP contribution in [0, 0.1) is 11.7 Å². The van der Waals surface area contributed by atoms with Crippen molar-refractivity contribution >= 4 is 0 Å². The largest absolute Gasteiger partial charge is 0.491 e. The fourth-order valence-corrected chi connectivity index (χ4v) is 4.67. The molecule has 1 aromatic carbocycles. The van der Waals surface area contributed by atoms with E-state index in [1.54, 1.807) is 12.3 Å². The lowest BCUT2D eigenvalue weighted by molar-refractivity contribution is -0.206. The fraction of sp³-hybridized carbons (Fsp3) is 0.645. The molecule has 0 bridgehead atoms. The SMILES string of the molecule is CCCCCCCCCCC1COC(c2ccc(-c3ccc(OCCCCCC)c(F)c3)nc2)OC1. The van der Waals surface area contributed by atoms with Gasteiger partial charge >= 0.3 is 0 Å². The molecule has 0 N–H and O–H groups in total. The van der Waals surface area contributed by atoms with Gasteiger partial charge in [0.15, 0.2) is 17.9 Å². The van der Waals surface area contributed by atoms with Crippen LogP contribution < -0.4 is 4.74 Å². The topological polar surface area (TPSA) is 40.6 Å². The molecule has 1 aliphatic rings. The average Bonchev–Trinajstić information content (AvgIpc) is 2.91. The van der Waals surface area contributed by atoms with E-state index in [0.29, 0.717) is 18.3 Å². The van der Waals surface area contributed by atoms with Crippen molar-refractivity contribution in [2.45, 2.75) is 104 Å². The first kappa shape index (κ1) is 28.6. The summed E-state index contributed by atoms with van der Waals surface area (Å²) < 4.78 is 32.1. The monoisotopic (exact) mass is 499 g/mol. The number of unbranched alkanes of at least 4 members (excludes halogenated alkanes) is 10.